The van der Waals surface area contributed by atoms with E-state index in [1.807, 2.05) is 0 Å². The summed E-state index contributed by atoms with van der Waals surface area (Å²) in [7, 11) is 0. The van der Waals surface area contributed by atoms with Crippen LogP contribution in [0, 0.1) is 15.9 Å². The van der Waals surface area contributed by atoms with Gasteiger partial charge in [-0.05, 0) is 24.1 Å². The topological polar surface area (TPSA) is 85.1 Å². The Hall–Kier alpha value is -2.52. The molecular formula is C17H14FN3O3S2. The summed E-state index contributed by atoms with van der Waals surface area (Å²) in [5.74, 6) is -0.268. The van der Waals surface area contributed by atoms with Crippen LogP contribution in [0.3, 0.4) is 0 Å². The number of thiazole rings is 1. The quantitative estimate of drug-likeness (QED) is 0.376. The van der Waals surface area contributed by atoms with E-state index >= 15 is 0 Å². The molecular weight excluding hydrogens is 377 g/mol. The maximum Gasteiger partial charge on any atom is 0.270 e. The number of rotatable bonds is 7. The number of amides is 1. The predicted molar refractivity (Wildman–Crippen MR) is 100 cm³/mol. The molecule has 0 radical (unpaired) electrons. The Bertz CT molecular complexity index is 961. The summed E-state index contributed by atoms with van der Waals surface area (Å²) >= 11 is 2.58. The molecule has 2 aromatic carbocycles. The number of thioether (sulfide) groups is 1. The second-order valence-electron chi connectivity index (χ2n) is 5.37. The van der Waals surface area contributed by atoms with Crippen molar-refractivity contribution in [2.24, 2.45) is 0 Å². The monoisotopic (exact) mass is 391 g/mol. The Morgan fingerprint density at radius 3 is 2.88 bits per heavy atom. The van der Waals surface area contributed by atoms with Crippen LogP contribution in [-0.4, -0.2) is 28.1 Å². The Morgan fingerprint density at radius 1 is 1.31 bits per heavy atom. The number of hydrogen-bond acceptors (Lipinski definition) is 6. The van der Waals surface area contributed by atoms with Crippen LogP contribution in [0.15, 0.2) is 46.8 Å². The molecule has 0 spiro atoms. The van der Waals surface area contributed by atoms with Gasteiger partial charge >= 0.3 is 0 Å². The van der Waals surface area contributed by atoms with Gasteiger partial charge in [-0.1, -0.05) is 30.0 Å². The Kier molecular flexibility index (Phi) is 5.79. The van der Waals surface area contributed by atoms with Gasteiger partial charge in [0.2, 0.25) is 5.91 Å². The molecule has 0 aliphatic carbocycles. The summed E-state index contributed by atoms with van der Waals surface area (Å²) in [6, 6.07) is 11.0. The second kappa shape index (κ2) is 8.24. The van der Waals surface area contributed by atoms with E-state index in [0.717, 1.165) is 0 Å². The van der Waals surface area contributed by atoms with E-state index in [9.17, 15) is 19.3 Å². The largest absolute Gasteiger partial charge is 0.355 e. The summed E-state index contributed by atoms with van der Waals surface area (Å²) in [6.07, 6.45) is 0.424. The number of carbonyl (C=O) groups is 1. The molecule has 3 aromatic rings. The molecule has 134 valence electrons. The molecule has 1 N–H and O–H groups in total. The highest BCUT2D eigenvalue weighted by atomic mass is 32.2. The predicted octanol–water partition coefficient (Wildman–Crippen LogP) is 3.79. The van der Waals surface area contributed by atoms with Gasteiger partial charge in [0, 0.05) is 18.7 Å². The molecule has 0 saturated carbocycles. The minimum atomic E-state index is -0.449. The van der Waals surface area contributed by atoms with Gasteiger partial charge in [-0.15, -0.1) is 11.3 Å². The first-order valence-electron chi connectivity index (χ1n) is 7.71. The SMILES string of the molecule is O=C(CSc1nc2ccc([N+](=O)[O-])cc2s1)NCCc1ccccc1F. The zero-order valence-corrected chi connectivity index (χ0v) is 15.1. The smallest absolute Gasteiger partial charge is 0.270 e. The first-order chi connectivity index (χ1) is 12.5. The summed E-state index contributed by atoms with van der Waals surface area (Å²) in [6.45, 7) is 0.354. The lowest BCUT2D eigenvalue weighted by atomic mass is 10.1. The van der Waals surface area contributed by atoms with Crippen LogP contribution in [0.2, 0.25) is 0 Å². The third-order valence-electron chi connectivity index (χ3n) is 3.56. The summed E-state index contributed by atoms with van der Waals surface area (Å²) in [5.41, 5.74) is 1.25. The molecule has 1 aromatic heterocycles. The summed E-state index contributed by atoms with van der Waals surface area (Å²) < 4.78 is 14.9. The van der Waals surface area contributed by atoms with E-state index in [4.69, 9.17) is 0 Å². The molecule has 0 aliphatic heterocycles. The molecule has 0 saturated heterocycles. The van der Waals surface area contributed by atoms with E-state index in [1.165, 1.54) is 41.3 Å². The zero-order valence-electron chi connectivity index (χ0n) is 13.5. The second-order valence-corrected chi connectivity index (χ2v) is 7.62. The number of fused-ring (bicyclic) bond motifs is 1. The van der Waals surface area contributed by atoms with Gasteiger partial charge in [0.25, 0.3) is 5.69 Å². The number of aromatic nitrogens is 1. The van der Waals surface area contributed by atoms with Crippen LogP contribution in [-0.2, 0) is 11.2 Å². The molecule has 9 heteroatoms. The van der Waals surface area contributed by atoms with E-state index < -0.39 is 4.92 Å². The number of non-ortho nitro benzene ring substituents is 1. The molecule has 0 fully saturated rings. The van der Waals surface area contributed by atoms with Gasteiger partial charge in [0.15, 0.2) is 4.34 Å². The molecule has 0 aliphatic rings. The first-order valence-corrected chi connectivity index (χ1v) is 9.51. The number of halogens is 1. The van der Waals surface area contributed by atoms with Gasteiger partial charge in [0.1, 0.15) is 5.82 Å². The molecule has 1 amide bonds. The maximum absolute atomic E-state index is 13.5. The van der Waals surface area contributed by atoms with Crippen LogP contribution in [0.25, 0.3) is 10.2 Å². The fourth-order valence-corrected chi connectivity index (χ4v) is 4.21. The Labute approximate surface area is 156 Å². The third kappa shape index (κ3) is 4.55. The number of nitro groups is 1. The zero-order chi connectivity index (χ0) is 18.5. The molecule has 0 atom stereocenters. The van der Waals surface area contributed by atoms with Crippen molar-refractivity contribution < 1.29 is 14.1 Å². The Morgan fingerprint density at radius 2 is 2.12 bits per heavy atom. The molecule has 0 unspecified atom stereocenters. The normalized spacial score (nSPS) is 10.8. The van der Waals surface area contributed by atoms with Gasteiger partial charge in [-0.25, -0.2) is 9.37 Å². The van der Waals surface area contributed by atoms with Crippen LogP contribution >= 0.6 is 23.1 Å². The molecule has 6 nitrogen and oxygen atoms in total. The number of nitrogens with one attached hydrogen (secondary N) is 1. The van der Waals surface area contributed by atoms with Crippen LogP contribution in [0.1, 0.15) is 5.56 Å². The molecule has 26 heavy (non-hydrogen) atoms. The lowest BCUT2D eigenvalue weighted by molar-refractivity contribution is -0.384. The lowest BCUT2D eigenvalue weighted by Crippen LogP contribution is -2.27. The molecule has 1 heterocycles. The number of carbonyl (C=O) groups excluding carboxylic acids is 1. The standard InChI is InChI=1S/C17H14FN3O3S2/c18-13-4-2-1-3-11(13)7-8-19-16(22)10-25-17-20-14-6-5-12(21(23)24)9-15(14)26-17/h1-6,9H,7-8,10H2,(H,19,22). The van der Waals surface area contributed by atoms with E-state index in [2.05, 4.69) is 10.3 Å². The van der Waals surface area contributed by atoms with Crippen molar-refractivity contribution in [3.63, 3.8) is 0 Å². The highest BCUT2D eigenvalue weighted by molar-refractivity contribution is 8.01. The fraction of sp³-hybridized carbons (Fsp3) is 0.176. The van der Waals surface area contributed by atoms with Crippen molar-refractivity contribution >= 4 is 44.9 Å². The number of hydrogen-bond donors (Lipinski definition) is 1. The lowest BCUT2D eigenvalue weighted by Gasteiger charge is -2.05. The van der Waals surface area contributed by atoms with Crippen molar-refractivity contribution in [3.8, 4) is 0 Å². The van der Waals surface area contributed by atoms with Gasteiger partial charge < -0.3 is 5.32 Å². The number of nitrogens with zero attached hydrogens (tertiary/aromatic N) is 2. The van der Waals surface area contributed by atoms with Crippen LogP contribution < -0.4 is 5.32 Å². The van der Waals surface area contributed by atoms with Gasteiger partial charge in [0.05, 0.1) is 20.9 Å². The van der Waals surface area contributed by atoms with Gasteiger partial charge in [-0.3, -0.25) is 14.9 Å². The first kappa shape index (κ1) is 18.3. The van der Waals surface area contributed by atoms with Gasteiger partial charge in [-0.2, -0.15) is 0 Å². The van der Waals surface area contributed by atoms with Crippen molar-refractivity contribution in [1.82, 2.24) is 10.3 Å². The van der Waals surface area contributed by atoms with Crippen LogP contribution in [0.5, 0.6) is 0 Å². The third-order valence-corrected chi connectivity index (χ3v) is 5.73. The average molecular weight is 391 g/mol. The summed E-state index contributed by atoms with van der Waals surface area (Å²) in [4.78, 5) is 26.6. The highest BCUT2D eigenvalue weighted by Crippen LogP contribution is 2.31. The van der Waals surface area contributed by atoms with E-state index in [1.54, 1.807) is 24.3 Å². The molecule has 3 rings (SSSR count). The van der Waals surface area contributed by atoms with Crippen molar-refractivity contribution in [1.29, 1.82) is 0 Å². The fourth-order valence-electron chi connectivity index (χ4n) is 2.28. The number of benzene rings is 2. The van der Waals surface area contributed by atoms with Crippen molar-refractivity contribution in [2.75, 3.05) is 12.3 Å². The highest BCUT2D eigenvalue weighted by Gasteiger charge is 2.12. The van der Waals surface area contributed by atoms with Crippen molar-refractivity contribution in [3.05, 3.63) is 64.0 Å². The maximum atomic E-state index is 13.5. The molecule has 0 bridgehead atoms. The average Bonchev–Trinajstić information content (AvgIpc) is 3.03. The van der Waals surface area contributed by atoms with E-state index in [0.29, 0.717) is 33.1 Å². The minimum absolute atomic E-state index is 0.0172. The Balaban J connectivity index is 1.50. The summed E-state index contributed by atoms with van der Waals surface area (Å²) in [5, 5.41) is 13.5. The minimum Gasteiger partial charge on any atom is -0.355 e. The van der Waals surface area contributed by atoms with Crippen molar-refractivity contribution in [2.45, 2.75) is 10.8 Å². The van der Waals surface area contributed by atoms with Crippen LogP contribution in [0.4, 0.5) is 10.1 Å². The number of nitro benzene ring substituents is 1. The van der Waals surface area contributed by atoms with E-state index in [-0.39, 0.29) is 23.2 Å².